The summed E-state index contributed by atoms with van der Waals surface area (Å²) in [5.74, 6) is -2.38. The Morgan fingerprint density at radius 1 is 0.792 bits per heavy atom. The number of aromatic carboxylic acids is 1. The Kier molecular flexibility index (Phi) is 6.13. The minimum atomic E-state index is -1.50. The van der Waals surface area contributed by atoms with Gasteiger partial charge in [0.2, 0.25) is 0 Å². The van der Waals surface area contributed by atoms with Crippen molar-refractivity contribution < 1.29 is 14.7 Å². The third kappa shape index (κ3) is 3.54. The Bertz CT molecular complexity index is 868. The van der Waals surface area contributed by atoms with E-state index in [1.165, 1.54) is 12.1 Å². The van der Waals surface area contributed by atoms with Gasteiger partial charge in [-0.05, 0) is 12.1 Å². The molecule has 0 saturated carbocycles. The van der Waals surface area contributed by atoms with Crippen LogP contribution in [0.4, 0.5) is 5.69 Å². The number of hydrogen-bond donors (Lipinski definition) is 2. The number of carbonyl (C=O) groups is 2. The number of carboxylic acids is 1. The fourth-order valence-electron chi connectivity index (χ4n) is 1.83. The lowest BCUT2D eigenvalue weighted by Gasteiger charge is -2.14. The summed E-state index contributed by atoms with van der Waals surface area (Å²) >= 11 is 35.5. The smallest absolute Gasteiger partial charge is 0.338 e. The summed E-state index contributed by atoms with van der Waals surface area (Å²) in [6.45, 7) is 0. The first kappa shape index (κ1) is 19.4. The van der Waals surface area contributed by atoms with E-state index in [9.17, 15) is 14.7 Å². The number of carboxylic acid groups (broad SMARTS) is 1. The molecule has 0 fully saturated rings. The molecule has 0 aliphatic rings. The van der Waals surface area contributed by atoms with E-state index in [2.05, 4.69) is 5.32 Å². The molecule has 2 N–H and O–H groups in total. The van der Waals surface area contributed by atoms with Gasteiger partial charge in [-0.15, -0.1) is 0 Å². The lowest BCUT2D eigenvalue weighted by atomic mass is 10.1. The van der Waals surface area contributed by atoms with Crippen molar-refractivity contribution in [3.05, 3.63) is 59.5 Å². The van der Waals surface area contributed by atoms with Crippen LogP contribution in [0.3, 0.4) is 0 Å². The summed E-state index contributed by atoms with van der Waals surface area (Å²) in [6, 6.07) is 4.54. The highest BCUT2D eigenvalue weighted by atomic mass is 35.5. The fraction of sp³-hybridized carbons (Fsp3) is 0. The van der Waals surface area contributed by atoms with E-state index in [0.717, 1.165) is 0 Å². The Balaban J connectivity index is 2.61. The predicted octanol–water partition coefficient (Wildman–Crippen LogP) is 6.56. The molecule has 1 amide bonds. The zero-order valence-electron chi connectivity index (χ0n) is 11.3. The van der Waals surface area contributed by atoms with Crippen LogP contribution in [0.15, 0.2) is 18.2 Å². The first-order chi connectivity index (χ1) is 11.2. The molecule has 2 aromatic rings. The molecule has 0 aliphatic carbocycles. The van der Waals surface area contributed by atoms with Crippen molar-refractivity contribution in [3.63, 3.8) is 0 Å². The molecule has 0 radical (unpaired) electrons. The normalized spacial score (nSPS) is 10.6. The van der Waals surface area contributed by atoms with Crippen molar-refractivity contribution in [2.24, 2.45) is 0 Å². The van der Waals surface area contributed by atoms with Crippen LogP contribution in [0.25, 0.3) is 0 Å². The monoisotopic (exact) mass is 445 g/mol. The Morgan fingerprint density at radius 3 is 1.88 bits per heavy atom. The highest BCUT2D eigenvalue weighted by Crippen LogP contribution is 2.42. The van der Waals surface area contributed by atoms with E-state index in [1.54, 1.807) is 6.07 Å². The molecule has 0 aliphatic heterocycles. The third-order valence-corrected chi connectivity index (χ3v) is 5.53. The molecule has 10 heteroatoms. The molecular formula is C14H5Cl6NO3. The van der Waals surface area contributed by atoms with Crippen molar-refractivity contribution >= 4 is 87.2 Å². The molecular weight excluding hydrogens is 443 g/mol. The quantitative estimate of drug-likeness (QED) is 0.413. The maximum atomic E-state index is 12.5. The van der Waals surface area contributed by atoms with Gasteiger partial charge in [0.15, 0.2) is 0 Å². The summed E-state index contributed by atoms with van der Waals surface area (Å²) in [5.41, 5.74) is -0.866. The second-order valence-electron chi connectivity index (χ2n) is 4.37. The number of halogens is 6. The lowest BCUT2D eigenvalue weighted by molar-refractivity contribution is 0.0692. The van der Waals surface area contributed by atoms with Crippen molar-refractivity contribution in [2.75, 3.05) is 5.32 Å². The number of amides is 1. The van der Waals surface area contributed by atoms with Crippen LogP contribution in [-0.2, 0) is 0 Å². The SMILES string of the molecule is O=C(O)c1c(Cl)c(Cl)c(Cl)c(Cl)c1C(=O)Nc1cccc(Cl)c1Cl. The van der Waals surface area contributed by atoms with Crippen LogP contribution in [-0.4, -0.2) is 17.0 Å². The summed E-state index contributed by atoms with van der Waals surface area (Å²) < 4.78 is 0. The summed E-state index contributed by atoms with van der Waals surface area (Å²) in [4.78, 5) is 24.0. The van der Waals surface area contributed by atoms with E-state index in [4.69, 9.17) is 69.6 Å². The van der Waals surface area contributed by atoms with Gasteiger partial charge in [0.05, 0.1) is 47.0 Å². The van der Waals surface area contributed by atoms with Gasteiger partial charge in [0, 0.05) is 0 Å². The minimum Gasteiger partial charge on any atom is -0.478 e. The molecule has 0 unspecified atom stereocenters. The van der Waals surface area contributed by atoms with Gasteiger partial charge < -0.3 is 10.4 Å². The zero-order valence-corrected chi connectivity index (χ0v) is 15.8. The van der Waals surface area contributed by atoms with E-state index >= 15 is 0 Å². The second-order valence-corrected chi connectivity index (χ2v) is 6.66. The number of hydrogen-bond acceptors (Lipinski definition) is 2. The van der Waals surface area contributed by atoms with Gasteiger partial charge in [-0.3, -0.25) is 4.79 Å². The largest absolute Gasteiger partial charge is 0.478 e. The van der Waals surface area contributed by atoms with E-state index in [-0.39, 0.29) is 30.8 Å². The highest BCUT2D eigenvalue weighted by Gasteiger charge is 2.29. The molecule has 126 valence electrons. The minimum absolute atomic E-state index is 0.0756. The van der Waals surface area contributed by atoms with Crippen LogP contribution in [0.5, 0.6) is 0 Å². The van der Waals surface area contributed by atoms with Crippen LogP contribution in [0.1, 0.15) is 20.7 Å². The van der Waals surface area contributed by atoms with E-state index < -0.39 is 28.0 Å². The average molecular weight is 448 g/mol. The topological polar surface area (TPSA) is 66.4 Å². The number of nitrogens with one attached hydrogen (secondary N) is 1. The molecule has 0 saturated heterocycles. The van der Waals surface area contributed by atoms with Crippen LogP contribution in [0, 0.1) is 0 Å². The summed E-state index contributed by atoms with van der Waals surface area (Å²) in [7, 11) is 0. The summed E-state index contributed by atoms with van der Waals surface area (Å²) in [5, 5.41) is 10.8. The zero-order chi connectivity index (χ0) is 18.2. The molecule has 4 nitrogen and oxygen atoms in total. The van der Waals surface area contributed by atoms with Crippen LogP contribution < -0.4 is 5.32 Å². The Hall–Kier alpha value is -0.880. The Labute approximate surface area is 166 Å². The third-order valence-electron chi connectivity index (χ3n) is 2.91. The number of anilines is 1. The standard InChI is InChI=1S/C14H5Cl6NO3/c15-4-2-1-3-5(8(4)16)21-13(22)6-7(14(23)24)10(18)12(20)11(19)9(6)17/h1-3H,(H,21,22)(H,23,24). The number of rotatable bonds is 3. The molecule has 24 heavy (non-hydrogen) atoms. The van der Waals surface area contributed by atoms with Crippen molar-refractivity contribution in [1.82, 2.24) is 0 Å². The van der Waals surface area contributed by atoms with Gasteiger partial charge in [-0.1, -0.05) is 75.7 Å². The van der Waals surface area contributed by atoms with Gasteiger partial charge in [-0.2, -0.15) is 0 Å². The Morgan fingerprint density at radius 2 is 1.33 bits per heavy atom. The average Bonchev–Trinajstić information content (AvgIpc) is 2.52. The molecule has 0 bridgehead atoms. The maximum absolute atomic E-state index is 12.5. The highest BCUT2D eigenvalue weighted by molar-refractivity contribution is 6.54. The first-order valence-electron chi connectivity index (χ1n) is 6.01. The summed E-state index contributed by atoms with van der Waals surface area (Å²) in [6.07, 6.45) is 0. The maximum Gasteiger partial charge on any atom is 0.338 e. The van der Waals surface area contributed by atoms with Crippen molar-refractivity contribution in [3.8, 4) is 0 Å². The van der Waals surface area contributed by atoms with Gasteiger partial charge >= 0.3 is 5.97 Å². The second kappa shape index (κ2) is 7.56. The van der Waals surface area contributed by atoms with Gasteiger partial charge in [-0.25, -0.2) is 4.79 Å². The molecule has 0 heterocycles. The molecule has 0 spiro atoms. The van der Waals surface area contributed by atoms with E-state index in [0.29, 0.717) is 0 Å². The van der Waals surface area contributed by atoms with Crippen LogP contribution in [0.2, 0.25) is 30.1 Å². The number of carbonyl (C=O) groups excluding carboxylic acids is 1. The molecule has 2 rings (SSSR count). The van der Waals surface area contributed by atoms with Crippen molar-refractivity contribution in [1.29, 1.82) is 0 Å². The fourth-order valence-corrected chi connectivity index (χ4v) is 3.20. The van der Waals surface area contributed by atoms with E-state index in [1.807, 2.05) is 0 Å². The molecule has 0 aromatic heterocycles. The number of benzene rings is 2. The molecule has 2 aromatic carbocycles. The van der Waals surface area contributed by atoms with Crippen molar-refractivity contribution in [2.45, 2.75) is 0 Å². The lowest BCUT2D eigenvalue weighted by Crippen LogP contribution is -2.18. The van der Waals surface area contributed by atoms with Crippen LogP contribution >= 0.6 is 69.6 Å². The predicted molar refractivity (Wildman–Crippen MR) is 97.9 cm³/mol. The first-order valence-corrected chi connectivity index (χ1v) is 8.28. The molecule has 0 atom stereocenters. The van der Waals surface area contributed by atoms with Gasteiger partial charge in [0.25, 0.3) is 5.91 Å². The van der Waals surface area contributed by atoms with Gasteiger partial charge in [0.1, 0.15) is 0 Å².